The molecule has 4 rings (SSSR count). The van der Waals surface area contributed by atoms with Gasteiger partial charge in [0.15, 0.2) is 0 Å². The lowest BCUT2D eigenvalue weighted by molar-refractivity contribution is 0.168. The molecule has 170 valence electrons. The van der Waals surface area contributed by atoms with Crippen LogP contribution in [-0.2, 0) is 10.6 Å². The fraction of sp³-hybridized carbons (Fsp3) is 0.290. The van der Waals surface area contributed by atoms with Gasteiger partial charge in [0.1, 0.15) is 0 Å². The van der Waals surface area contributed by atoms with Crippen LogP contribution in [0.5, 0.6) is 0 Å². The molecule has 33 heavy (non-hydrogen) atoms. The van der Waals surface area contributed by atoms with Crippen molar-refractivity contribution in [2.45, 2.75) is 57.5 Å². The largest absolute Gasteiger partial charge is 0.385 e. The Morgan fingerprint density at radius 1 is 0.909 bits per heavy atom. The third-order valence-corrected chi connectivity index (χ3v) is 10.1. The fourth-order valence-electron chi connectivity index (χ4n) is 5.00. The molecule has 0 saturated carbocycles. The summed E-state index contributed by atoms with van der Waals surface area (Å²) in [6.45, 7) is 17.4. The summed E-state index contributed by atoms with van der Waals surface area (Å²) in [7, 11) is -2.01. The third-order valence-electron chi connectivity index (χ3n) is 7.31. The zero-order valence-corrected chi connectivity index (χ0v) is 21.9. The molecule has 1 unspecified atom stereocenters. The molecule has 3 aromatic rings. The molecule has 2 heteroatoms. The molecule has 0 spiro atoms. The van der Waals surface area contributed by atoms with Crippen LogP contribution < -0.4 is 0 Å². The van der Waals surface area contributed by atoms with Crippen molar-refractivity contribution in [3.63, 3.8) is 0 Å². The fourth-order valence-corrected chi connectivity index (χ4v) is 6.63. The highest BCUT2D eigenvalue weighted by molar-refractivity contribution is 6.79. The zero-order chi connectivity index (χ0) is 24.0. The topological polar surface area (TPSA) is 20.2 Å². The van der Waals surface area contributed by atoms with E-state index in [1.807, 2.05) is 6.07 Å². The van der Waals surface area contributed by atoms with Crippen molar-refractivity contribution in [1.82, 2.24) is 0 Å². The van der Waals surface area contributed by atoms with Gasteiger partial charge >= 0.3 is 0 Å². The van der Waals surface area contributed by atoms with E-state index in [1.165, 1.54) is 27.8 Å². The Morgan fingerprint density at radius 2 is 1.55 bits per heavy atom. The van der Waals surface area contributed by atoms with Crippen LogP contribution >= 0.6 is 0 Å². The van der Waals surface area contributed by atoms with Gasteiger partial charge in [0, 0.05) is 0 Å². The highest BCUT2D eigenvalue weighted by atomic mass is 28.3. The van der Waals surface area contributed by atoms with Gasteiger partial charge in [0.2, 0.25) is 0 Å². The normalized spacial score (nSPS) is 17.0. The summed E-state index contributed by atoms with van der Waals surface area (Å²) in [5, 5.41) is 10.8. The first-order valence-electron chi connectivity index (χ1n) is 11.9. The smallest absolute Gasteiger partial charge is 0.0959 e. The van der Waals surface area contributed by atoms with Crippen molar-refractivity contribution in [3.05, 3.63) is 113 Å². The minimum atomic E-state index is -2.01. The molecule has 1 aliphatic rings. The van der Waals surface area contributed by atoms with E-state index in [-0.39, 0.29) is 5.41 Å². The Hall–Kier alpha value is -2.68. The van der Waals surface area contributed by atoms with Crippen LogP contribution in [0.4, 0.5) is 0 Å². The Morgan fingerprint density at radius 3 is 2.18 bits per heavy atom. The summed E-state index contributed by atoms with van der Waals surface area (Å²) in [6, 6.07) is 24.0. The molecule has 0 fully saturated rings. The van der Waals surface area contributed by atoms with E-state index in [0.29, 0.717) is 0 Å². The average molecular weight is 453 g/mol. The monoisotopic (exact) mass is 452 g/mol. The second-order valence-corrected chi connectivity index (χ2v) is 16.4. The summed E-state index contributed by atoms with van der Waals surface area (Å²) < 4.78 is 0. The number of fused-ring (bicyclic) bond motifs is 1. The molecule has 1 atom stereocenters. The molecule has 0 aliphatic heterocycles. The van der Waals surface area contributed by atoms with Gasteiger partial charge < -0.3 is 5.11 Å². The van der Waals surface area contributed by atoms with Gasteiger partial charge in [-0.3, -0.25) is 0 Å². The van der Waals surface area contributed by atoms with Crippen LogP contribution in [0.3, 0.4) is 0 Å². The van der Waals surface area contributed by atoms with E-state index < -0.39 is 13.3 Å². The molecule has 0 aromatic heterocycles. The molecular formula is C31H36OSi. The summed E-state index contributed by atoms with van der Waals surface area (Å²) in [5.41, 5.74) is 9.75. The van der Waals surface area contributed by atoms with Crippen LogP contribution in [0.25, 0.3) is 16.7 Å². The van der Waals surface area contributed by atoms with Crippen molar-refractivity contribution in [3.8, 4) is 11.1 Å². The lowest BCUT2D eigenvalue weighted by atomic mass is 9.71. The number of hydrogen-bond acceptors (Lipinski definition) is 1. The number of allylic oxidation sites excluding steroid dienone is 1. The SMILES string of the molecule is C=CC(O)(c1ccccc1-c1ccc2c(c1)C(c1ccc(C)cc1)=CCC2(C)C)[Si](C)(C)C. The minimum absolute atomic E-state index is 0.0851. The van der Waals surface area contributed by atoms with E-state index >= 15 is 0 Å². The quantitative estimate of drug-likeness (QED) is 0.307. The molecule has 0 heterocycles. The van der Waals surface area contributed by atoms with Crippen molar-refractivity contribution in [2.75, 3.05) is 0 Å². The summed E-state index contributed by atoms with van der Waals surface area (Å²) in [5.74, 6) is 0. The number of hydrogen-bond donors (Lipinski definition) is 1. The Labute approximate surface area is 200 Å². The second-order valence-electron chi connectivity index (χ2n) is 11.1. The van der Waals surface area contributed by atoms with Crippen molar-refractivity contribution in [2.24, 2.45) is 0 Å². The average Bonchev–Trinajstić information content (AvgIpc) is 2.78. The predicted octanol–water partition coefficient (Wildman–Crippen LogP) is 8.03. The van der Waals surface area contributed by atoms with Gasteiger partial charge in [0.05, 0.1) is 13.3 Å². The van der Waals surface area contributed by atoms with Crippen LogP contribution in [0.1, 0.15) is 48.1 Å². The molecule has 1 N–H and O–H groups in total. The second kappa shape index (κ2) is 8.27. The molecule has 3 aromatic carbocycles. The van der Waals surface area contributed by atoms with Gasteiger partial charge in [-0.05, 0) is 63.8 Å². The molecule has 0 saturated heterocycles. The Balaban J connectivity index is 1.92. The zero-order valence-electron chi connectivity index (χ0n) is 20.9. The first-order valence-corrected chi connectivity index (χ1v) is 15.4. The van der Waals surface area contributed by atoms with Crippen molar-refractivity contribution >= 4 is 13.6 Å². The molecule has 1 nitrogen and oxygen atoms in total. The van der Waals surface area contributed by atoms with Gasteiger partial charge in [0.25, 0.3) is 0 Å². The highest BCUT2D eigenvalue weighted by Crippen LogP contribution is 2.44. The van der Waals surface area contributed by atoms with Crippen LogP contribution in [0.2, 0.25) is 19.6 Å². The molecule has 0 amide bonds. The van der Waals surface area contributed by atoms with E-state index in [9.17, 15) is 5.11 Å². The van der Waals surface area contributed by atoms with Gasteiger partial charge in [-0.25, -0.2) is 0 Å². The number of aryl methyl sites for hydroxylation is 1. The highest BCUT2D eigenvalue weighted by Gasteiger charge is 2.42. The van der Waals surface area contributed by atoms with Crippen LogP contribution in [0.15, 0.2) is 85.5 Å². The summed E-state index contributed by atoms with van der Waals surface area (Å²) in [6.07, 6.45) is 5.16. The number of benzene rings is 3. The maximum absolute atomic E-state index is 11.8. The predicted molar refractivity (Wildman–Crippen MR) is 145 cm³/mol. The standard InChI is InChI=1S/C31H36OSi/c1-8-31(32,33(5,6)7)29-12-10-9-11-26(29)24-17-18-28-27(21-24)25(19-20-30(28,3)4)23-15-13-22(2)14-16-23/h8-19,21,32H,1,20H2,2-7H3. The summed E-state index contributed by atoms with van der Waals surface area (Å²) in [4.78, 5) is 0. The first-order chi connectivity index (χ1) is 15.5. The Bertz CT molecular complexity index is 1220. The molecule has 0 bridgehead atoms. The van der Waals surface area contributed by atoms with Crippen molar-refractivity contribution in [1.29, 1.82) is 0 Å². The van der Waals surface area contributed by atoms with Gasteiger partial charge in [-0.1, -0.05) is 112 Å². The summed E-state index contributed by atoms with van der Waals surface area (Å²) >= 11 is 0. The van der Waals surface area contributed by atoms with Crippen molar-refractivity contribution < 1.29 is 5.11 Å². The molecule has 0 radical (unpaired) electrons. The van der Waals surface area contributed by atoms with Crippen LogP contribution in [-0.4, -0.2) is 13.2 Å². The van der Waals surface area contributed by atoms with Crippen LogP contribution in [0, 0.1) is 6.92 Å². The third kappa shape index (κ3) is 4.07. The maximum Gasteiger partial charge on any atom is 0.0959 e. The maximum atomic E-state index is 11.8. The van der Waals surface area contributed by atoms with E-state index in [2.05, 4.69) is 114 Å². The lowest BCUT2D eigenvalue weighted by Gasteiger charge is -2.38. The molecule has 1 aliphatic carbocycles. The number of rotatable bonds is 5. The molecular weight excluding hydrogens is 416 g/mol. The minimum Gasteiger partial charge on any atom is -0.385 e. The Kier molecular flexibility index (Phi) is 5.88. The van der Waals surface area contributed by atoms with Gasteiger partial charge in [-0.15, -0.1) is 6.58 Å². The van der Waals surface area contributed by atoms with Gasteiger partial charge in [-0.2, -0.15) is 0 Å². The first kappa shape index (κ1) is 23.5. The van der Waals surface area contributed by atoms with E-state index in [1.54, 1.807) is 6.08 Å². The van der Waals surface area contributed by atoms with E-state index in [0.717, 1.165) is 23.1 Å². The van der Waals surface area contributed by atoms with E-state index in [4.69, 9.17) is 0 Å². The lowest BCUT2D eigenvalue weighted by Crippen LogP contribution is -2.48. The number of aliphatic hydroxyl groups is 1.